The standard InChI is InChI=1S/C40H66O16/c1-7-39(49)27(56-38(6)26(43)12-18(2)17-51-38)15-40(50)22-9-8-20-13-21(10-11-36(20,4)23(22)14-25(42)37(39,40)5)53-35-33(31(47)29(45)24(16-41)54-35)55-34-32(48)30(46)28(44)19(3)52-34/h8,18-19,21-35,41-50H,7,9-17H2,1-6H3/t18-,19?,21+,22-,23+,24?,25+,26?,27+,28+,29-,30?,31+,32+,33?,34+,35-,36+,37-,38+,39?,40-/m1/s1. The zero-order valence-corrected chi connectivity index (χ0v) is 33.4. The van der Waals surface area contributed by atoms with Crippen molar-refractivity contribution in [2.45, 2.75) is 196 Å². The average Bonchev–Trinajstić information content (AvgIpc) is 3.33. The zero-order chi connectivity index (χ0) is 40.9. The summed E-state index contributed by atoms with van der Waals surface area (Å²) in [6.45, 7) is 10.6. The van der Waals surface area contributed by atoms with E-state index < -0.39 is 120 Å². The van der Waals surface area contributed by atoms with Crippen molar-refractivity contribution < 1.29 is 79.5 Å². The fraction of sp³-hybridized carbons (Fsp3) is 0.950. The van der Waals surface area contributed by atoms with Gasteiger partial charge in [0.25, 0.3) is 0 Å². The molecule has 3 saturated carbocycles. The van der Waals surface area contributed by atoms with Crippen LogP contribution in [0.4, 0.5) is 0 Å². The Labute approximate surface area is 328 Å². The van der Waals surface area contributed by atoms with Crippen molar-refractivity contribution in [1.82, 2.24) is 0 Å². The minimum absolute atomic E-state index is 0.0487. The van der Waals surface area contributed by atoms with E-state index in [1.165, 1.54) is 6.92 Å². The minimum Gasteiger partial charge on any atom is -0.394 e. The Balaban J connectivity index is 1.11. The maximum atomic E-state index is 13.0. The molecule has 0 aromatic carbocycles. The van der Waals surface area contributed by atoms with E-state index in [-0.39, 0.29) is 30.6 Å². The Morgan fingerprint density at radius 2 is 1.54 bits per heavy atom. The van der Waals surface area contributed by atoms with E-state index in [1.54, 1.807) is 13.8 Å². The molecular formula is C40H66O16. The van der Waals surface area contributed by atoms with Crippen molar-refractivity contribution in [3.63, 3.8) is 0 Å². The van der Waals surface area contributed by atoms with Gasteiger partial charge in [-0.2, -0.15) is 0 Å². The first-order valence-electron chi connectivity index (χ1n) is 20.6. The first kappa shape index (κ1) is 43.2. The van der Waals surface area contributed by atoms with Gasteiger partial charge in [0.15, 0.2) is 18.4 Å². The van der Waals surface area contributed by atoms with Crippen LogP contribution in [-0.2, 0) is 28.4 Å². The fourth-order valence-corrected chi connectivity index (χ4v) is 11.8. The quantitative estimate of drug-likeness (QED) is 0.137. The van der Waals surface area contributed by atoms with Crippen LogP contribution in [0.25, 0.3) is 0 Å². The summed E-state index contributed by atoms with van der Waals surface area (Å²) in [5, 5.41) is 112. The van der Waals surface area contributed by atoms with Crippen LogP contribution in [0.15, 0.2) is 11.6 Å². The average molecular weight is 803 g/mol. The second kappa shape index (κ2) is 15.2. The van der Waals surface area contributed by atoms with Crippen molar-refractivity contribution in [2.75, 3.05) is 13.2 Å². The second-order valence-electron chi connectivity index (χ2n) is 18.7. The summed E-state index contributed by atoms with van der Waals surface area (Å²) in [6, 6.07) is 0. The van der Waals surface area contributed by atoms with Crippen LogP contribution < -0.4 is 0 Å². The van der Waals surface area contributed by atoms with Crippen molar-refractivity contribution >= 4 is 0 Å². The summed E-state index contributed by atoms with van der Waals surface area (Å²) in [4.78, 5) is 0. The number of allylic oxidation sites excluding steroid dienone is 1. The minimum atomic E-state index is -1.69. The fourth-order valence-electron chi connectivity index (χ4n) is 11.8. The largest absolute Gasteiger partial charge is 0.394 e. The van der Waals surface area contributed by atoms with Crippen LogP contribution in [0.1, 0.15) is 92.9 Å². The summed E-state index contributed by atoms with van der Waals surface area (Å²) in [6.07, 6.45) is -12.5. The molecule has 0 aromatic rings. The van der Waals surface area contributed by atoms with Crippen LogP contribution in [0.2, 0.25) is 0 Å². The van der Waals surface area contributed by atoms with Gasteiger partial charge in [-0.1, -0.05) is 39.3 Å². The molecule has 6 fully saturated rings. The van der Waals surface area contributed by atoms with E-state index >= 15 is 0 Å². The zero-order valence-electron chi connectivity index (χ0n) is 33.4. The van der Waals surface area contributed by atoms with E-state index in [4.69, 9.17) is 28.4 Å². The van der Waals surface area contributed by atoms with E-state index in [1.807, 2.05) is 13.8 Å². The molecule has 10 N–H and O–H groups in total. The Morgan fingerprint density at radius 1 is 0.821 bits per heavy atom. The van der Waals surface area contributed by atoms with E-state index in [0.29, 0.717) is 45.1 Å². The van der Waals surface area contributed by atoms with E-state index in [2.05, 4.69) is 13.0 Å². The van der Waals surface area contributed by atoms with Gasteiger partial charge in [0.1, 0.15) is 54.4 Å². The lowest BCUT2D eigenvalue weighted by molar-refractivity contribution is -0.369. The number of aliphatic hydroxyl groups excluding tert-OH is 8. The van der Waals surface area contributed by atoms with Gasteiger partial charge in [-0.15, -0.1) is 0 Å². The molecule has 16 heteroatoms. The van der Waals surface area contributed by atoms with Crippen LogP contribution in [0.3, 0.4) is 0 Å². The maximum absolute atomic E-state index is 13.0. The molecule has 0 spiro atoms. The number of hydrogen-bond donors (Lipinski definition) is 10. The van der Waals surface area contributed by atoms with Gasteiger partial charge in [0, 0.05) is 6.42 Å². The van der Waals surface area contributed by atoms with E-state index in [0.717, 1.165) is 5.57 Å². The van der Waals surface area contributed by atoms with Gasteiger partial charge in [0.05, 0.1) is 48.6 Å². The number of aliphatic hydroxyl groups is 10. The van der Waals surface area contributed by atoms with E-state index in [9.17, 15) is 51.1 Å². The molecule has 0 amide bonds. The van der Waals surface area contributed by atoms with Crippen LogP contribution in [0, 0.1) is 28.6 Å². The highest BCUT2D eigenvalue weighted by Crippen LogP contribution is 2.70. The molecule has 0 radical (unpaired) electrons. The molecule has 3 heterocycles. The molecule has 0 aromatic heterocycles. The molecule has 6 unspecified atom stereocenters. The van der Waals surface area contributed by atoms with Gasteiger partial charge in [-0.05, 0) is 82.0 Å². The Morgan fingerprint density at radius 3 is 2.20 bits per heavy atom. The summed E-state index contributed by atoms with van der Waals surface area (Å²) in [5.74, 6) is -1.76. The molecule has 4 aliphatic carbocycles. The normalized spacial score (nSPS) is 57.5. The van der Waals surface area contributed by atoms with Crippen molar-refractivity contribution in [2.24, 2.45) is 28.6 Å². The second-order valence-corrected chi connectivity index (χ2v) is 18.7. The lowest BCUT2D eigenvalue weighted by Crippen LogP contribution is -2.70. The van der Waals surface area contributed by atoms with Crippen LogP contribution in [-0.4, -0.2) is 167 Å². The molecule has 3 saturated heterocycles. The summed E-state index contributed by atoms with van der Waals surface area (Å²) >= 11 is 0. The third-order valence-corrected chi connectivity index (χ3v) is 15.7. The Kier molecular flexibility index (Phi) is 11.7. The SMILES string of the molecule is CCC1(O)[C@@H](O[C@]2(C)OC[C@H](C)CC2O)C[C@@]2(O)[C@@H]3CC=C4C[C@@H](O[C@@H]5OC(CO)[C@@H](O)[C@H](O)C5O[C@@H]5OC(C)[C@H](O)C(O)[C@@H]5O)CC[C@]4(C)[C@H]3C[C@H](O)[C@]12C. The van der Waals surface area contributed by atoms with Crippen molar-refractivity contribution in [3.8, 4) is 0 Å². The lowest BCUT2D eigenvalue weighted by Gasteiger charge is -2.63. The topological polar surface area (TPSA) is 258 Å². The van der Waals surface area contributed by atoms with Crippen molar-refractivity contribution in [3.05, 3.63) is 11.6 Å². The summed E-state index contributed by atoms with van der Waals surface area (Å²) in [7, 11) is 0. The predicted octanol–water partition coefficient (Wildman–Crippen LogP) is -0.658. The Bertz CT molecular complexity index is 1450. The maximum Gasteiger partial charge on any atom is 0.191 e. The third kappa shape index (κ3) is 6.48. The van der Waals surface area contributed by atoms with Gasteiger partial charge >= 0.3 is 0 Å². The van der Waals surface area contributed by atoms with Gasteiger partial charge in [0.2, 0.25) is 0 Å². The molecule has 7 aliphatic rings. The monoisotopic (exact) mass is 802 g/mol. The smallest absolute Gasteiger partial charge is 0.191 e. The highest BCUT2D eigenvalue weighted by atomic mass is 16.8. The summed E-state index contributed by atoms with van der Waals surface area (Å²) in [5.41, 5.74) is -3.91. The lowest BCUT2D eigenvalue weighted by atomic mass is 9.44. The number of hydrogen-bond acceptors (Lipinski definition) is 16. The highest BCUT2D eigenvalue weighted by Gasteiger charge is 2.77. The molecule has 56 heavy (non-hydrogen) atoms. The molecule has 0 bridgehead atoms. The highest BCUT2D eigenvalue weighted by molar-refractivity contribution is 5.32. The number of rotatable bonds is 8. The van der Waals surface area contributed by atoms with Crippen LogP contribution >= 0.6 is 0 Å². The molecule has 22 atom stereocenters. The summed E-state index contributed by atoms with van der Waals surface area (Å²) < 4.78 is 36.5. The Hall–Kier alpha value is -0.900. The predicted molar refractivity (Wildman–Crippen MR) is 194 cm³/mol. The number of fused-ring (bicyclic) bond motifs is 5. The van der Waals surface area contributed by atoms with Crippen LogP contribution in [0.5, 0.6) is 0 Å². The third-order valence-electron chi connectivity index (χ3n) is 15.7. The van der Waals surface area contributed by atoms with Crippen molar-refractivity contribution in [1.29, 1.82) is 0 Å². The molecule has 16 nitrogen and oxygen atoms in total. The van der Waals surface area contributed by atoms with Gasteiger partial charge in [-0.25, -0.2) is 0 Å². The first-order chi connectivity index (χ1) is 26.2. The molecule has 3 aliphatic heterocycles. The van der Waals surface area contributed by atoms with Gasteiger partial charge < -0.3 is 79.5 Å². The molecular weight excluding hydrogens is 736 g/mol. The molecule has 7 rings (SSSR count). The molecule has 322 valence electrons. The van der Waals surface area contributed by atoms with Gasteiger partial charge in [-0.3, -0.25) is 0 Å². The first-order valence-corrected chi connectivity index (χ1v) is 20.6. The number of ether oxygens (including phenoxy) is 6.